The fourth-order valence-electron chi connectivity index (χ4n) is 3.09. The number of hydrogen-bond donors (Lipinski definition) is 0. The molecule has 0 unspecified atom stereocenters. The van der Waals surface area contributed by atoms with Crippen LogP contribution in [0.1, 0.15) is 11.1 Å². The van der Waals surface area contributed by atoms with Gasteiger partial charge in [-0.05, 0) is 43.7 Å². The standard InChI is InChI=1S/C18H21ClN2O2S/c1-14-6-7-18(15(2)12-14)24(22,23)21-10-8-20(9-11-21)17-5-3-4-16(19)13-17/h3-7,12-13H,8-11H2,1-2H3. The molecule has 0 bridgehead atoms. The second kappa shape index (κ2) is 6.75. The van der Waals surface area contributed by atoms with Gasteiger partial charge in [-0.2, -0.15) is 4.31 Å². The molecule has 1 fully saturated rings. The van der Waals surface area contributed by atoms with Crippen molar-refractivity contribution >= 4 is 27.3 Å². The average molecular weight is 365 g/mol. The first-order valence-electron chi connectivity index (χ1n) is 7.96. The predicted octanol–water partition coefficient (Wildman–Crippen LogP) is 3.47. The van der Waals surface area contributed by atoms with Crippen LogP contribution >= 0.6 is 11.6 Å². The zero-order valence-corrected chi connectivity index (χ0v) is 15.4. The van der Waals surface area contributed by atoms with E-state index in [2.05, 4.69) is 4.90 Å². The Labute approximate surface area is 148 Å². The van der Waals surface area contributed by atoms with Crippen LogP contribution in [0.15, 0.2) is 47.4 Å². The summed E-state index contributed by atoms with van der Waals surface area (Å²) < 4.78 is 27.4. The quantitative estimate of drug-likeness (QED) is 0.837. The molecule has 3 rings (SSSR count). The zero-order valence-electron chi connectivity index (χ0n) is 13.9. The minimum Gasteiger partial charge on any atom is -0.369 e. The molecule has 24 heavy (non-hydrogen) atoms. The van der Waals surface area contributed by atoms with Crippen LogP contribution in [-0.4, -0.2) is 38.9 Å². The van der Waals surface area contributed by atoms with Gasteiger partial charge in [-0.15, -0.1) is 0 Å². The van der Waals surface area contributed by atoms with Crippen molar-refractivity contribution in [1.82, 2.24) is 4.31 Å². The van der Waals surface area contributed by atoms with Crippen molar-refractivity contribution in [2.24, 2.45) is 0 Å². The lowest BCUT2D eigenvalue weighted by molar-refractivity contribution is 0.384. The number of sulfonamides is 1. The summed E-state index contributed by atoms with van der Waals surface area (Å²) in [5.74, 6) is 0. The van der Waals surface area contributed by atoms with E-state index in [0.29, 0.717) is 36.1 Å². The normalized spacial score (nSPS) is 16.4. The lowest BCUT2D eigenvalue weighted by atomic mass is 10.2. The maximum Gasteiger partial charge on any atom is 0.243 e. The van der Waals surface area contributed by atoms with Crippen LogP contribution in [-0.2, 0) is 10.0 Å². The van der Waals surface area contributed by atoms with Crippen LogP contribution < -0.4 is 4.90 Å². The van der Waals surface area contributed by atoms with E-state index in [9.17, 15) is 8.42 Å². The van der Waals surface area contributed by atoms with Gasteiger partial charge >= 0.3 is 0 Å². The Hall–Kier alpha value is -1.56. The largest absolute Gasteiger partial charge is 0.369 e. The molecule has 0 radical (unpaired) electrons. The Morgan fingerprint density at radius 2 is 1.67 bits per heavy atom. The van der Waals surface area contributed by atoms with Gasteiger partial charge in [0.1, 0.15) is 0 Å². The summed E-state index contributed by atoms with van der Waals surface area (Å²) in [7, 11) is -3.44. The van der Waals surface area contributed by atoms with Crippen LogP contribution in [0.25, 0.3) is 0 Å². The van der Waals surface area contributed by atoms with E-state index in [1.807, 2.05) is 50.2 Å². The Balaban J connectivity index is 1.76. The SMILES string of the molecule is Cc1ccc(S(=O)(=O)N2CCN(c3cccc(Cl)c3)CC2)c(C)c1. The smallest absolute Gasteiger partial charge is 0.243 e. The fourth-order valence-corrected chi connectivity index (χ4v) is 4.90. The van der Waals surface area contributed by atoms with Crippen LogP contribution in [0.2, 0.25) is 5.02 Å². The number of nitrogens with zero attached hydrogens (tertiary/aromatic N) is 2. The Morgan fingerprint density at radius 3 is 2.29 bits per heavy atom. The molecule has 1 aliphatic rings. The molecule has 128 valence electrons. The summed E-state index contributed by atoms with van der Waals surface area (Å²) in [5.41, 5.74) is 2.90. The molecular weight excluding hydrogens is 344 g/mol. The second-order valence-corrected chi connectivity index (χ2v) is 8.48. The molecule has 0 N–H and O–H groups in total. The van der Waals surface area contributed by atoms with E-state index >= 15 is 0 Å². The van der Waals surface area contributed by atoms with Crippen molar-refractivity contribution in [3.05, 3.63) is 58.6 Å². The highest BCUT2D eigenvalue weighted by Gasteiger charge is 2.29. The minimum absolute atomic E-state index is 0.407. The number of aryl methyl sites for hydroxylation is 2. The minimum atomic E-state index is -3.44. The van der Waals surface area contributed by atoms with Crippen molar-refractivity contribution in [1.29, 1.82) is 0 Å². The Bertz CT molecular complexity index is 844. The summed E-state index contributed by atoms with van der Waals surface area (Å²) in [6.45, 7) is 6.08. The Kier molecular flexibility index (Phi) is 4.85. The summed E-state index contributed by atoms with van der Waals surface area (Å²) in [6, 6.07) is 13.1. The van der Waals surface area contributed by atoms with E-state index in [1.54, 1.807) is 10.4 Å². The summed E-state index contributed by atoms with van der Waals surface area (Å²) in [6.07, 6.45) is 0. The predicted molar refractivity (Wildman–Crippen MR) is 98.3 cm³/mol. The average Bonchev–Trinajstić information content (AvgIpc) is 2.54. The van der Waals surface area contributed by atoms with Crippen molar-refractivity contribution < 1.29 is 8.42 Å². The highest BCUT2D eigenvalue weighted by molar-refractivity contribution is 7.89. The molecule has 0 saturated carbocycles. The van der Waals surface area contributed by atoms with Crippen LogP contribution in [0, 0.1) is 13.8 Å². The molecule has 2 aromatic rings. The molecule has 0 aromatic heterocycles. The monoisotopic (exact) mass is 364 g/mol. The molecule has 0 amide bonds. The van der Waals surface area contributed by atoms with Crippen molar-refractivity contribution in [3.63, 3.8) is 0 Å². The van der Waals surface area contributed by atoms with E-state index in [-0.39, 0.29) is 0 Å². The summed E-state index contributed by atoms with van der Waals surface area (Å²) >= 11 is 6.04. The van der Waals surface area contributed by atoms with Gasteiger partial charge in [-0.3, -0.25) is 0 Å². The fraction of sp³-hybridized carbons (Fsp3) is 0.333. The number of anilines is 1. The van der Waals surface area contributed by atoms with Gasteiger partial charge in [0, 0.05) is 36.9 Å². The summed E-state index contributed by atoms with van der Waals surface area (Å²) in [4.78, 5) is 2.57. The maximum atomic E-state index is 12.9. The molecule has 2 aromatic carbocycles. The van der Waals surface area contributed by atoms with Gasteiger partial charge in [0.2, 0.25) is 10.0 Å². The third-order valence-corrected chi connectivity index (χ3v) is 6.65. The van der Waals surface area contributed by atoms with Gasteiger partial charge < -0.3 is 4.90 Å². The lowest BCUT2D eigenvalue weighted by Gasteiger charge is -2.35. The highest BCUT2D eigenvalue weighted by Crippen LogP contribution is 2.25. The highest BCUT2D eigenvalue weighted by atomic mass is 35.5. The molecule has 1 heterocycles. The number of piperazine rings is 1. The summed E-state index contributed by atoms with van der Waals surface area (Å²) in [5, 5.41) is 0.692. The first-order chi connectivity index (χ1) is 11.4. The Morgan fingerprint density at radius 1 is 0.958 bits per heavy atom. The van der Waals surface area contributed by atoms with Crippen molar-refractivity contribution in [2.45, 2.75) is 18.7 Å². The van der Waals surface area contributed by atoms with Gasteiger partial charge in [0.05, 0.1) is 4.90 Å². The first-order valence-corrected chi connectivity index (χ1v) is 9.77. The van der Waals surface area contributed by atoms with Crippen LogP contribution in [0.3, 0.4) is 0 Å². The van der Waals surface area contributed by atoms with E-state index in [4.69, 9.17) is 11.6 Å². The first kappa shape index (κ1) is 17.3. The zero-order chi connectivity index (χ0) is 17.3. The van der Waals surface area contributed by atoms with Crippen molar-refractivity contribution in [3.8, 4) is 0 Å². The third kappa shape index (κ3) is 3.43. The van der Waals surface area contributed by atoms with Gasteiger partial charge in [0.25, 0.3) is 0 Å². The number of benzene rings is 2. The van der Waals surface area contributed by atoms with Gasteiger partial charge in [-0.1, -0.05) is 35.4 Å². The number of hydrogen-bond acceptors (Lipinski definition) is 3. The molecule has 1 saturated heterocycles. The molecule has 6 heteroatoms. The lowest BCUT2D eigenvalue weighted by Crippen LogP contribution is -2.48. The van der Waals surface area contributed by atoms with Gasteiger partial charge in [-0.25, -0.2) is 8.42 Å². The third-order valence-electron chi connectivity index (χ3n) is 4.36. The molecule has 0 spiro atoms. The van der Waals surface area contributed by atoms with E-state index in [0.717, 1.165) is 16.8 Å². The molecular formula is C18H21ClN2O2S. The van der Waals surface area contributed by atoms with Crippen LogP contribution in [0.5, 0.6) is 0 Å². The van der Waals surface area contributed by atoms with E-state index < -0.39 is 10.0 Å². The molecule has 0 atom stereocenters. The molecule has 0 aliphatic carbocycles. The van der Waals surface area contributed by atoms with Crippen molar-refractivity contribution in [2.75, 3.05) is 31.1 Å². The second-order valence-electron chi connectivity index (χ2n) is 6.14. The maximum absolute atomic E-state index is 12.9. The van der Waals surface area contributed by atoms with Gasteiger partial charge in [0.15, 0.2) is 0 Å². The van der Waals surface area contributed by atoms with E-state index in [1.165, 1.54) is 0 Å². The topological polar surface area (TPSA) is 40.6 Å². The van der Waals surface area contributed by atoms with Crippen LogP contribution in [0.4, 0.5) is 5.69 Å². The number of halogens is 1. The molecule has 4 nitrogen and oxygen atoms in total. The number of rotatable bonds is 3. The molecule has 1 aliphatic heterocycles.